The summed E-state index contributed by atoms with van der Waals surface area (Å²) in [6, 6.07) is 4.84. The lowest BCUT2D eigenvalue weighted by Gasteiger charge is -2.36. The van der Waals surface area contributed by atoms with Crippen LogP contribution in [0, 0.1) is 5.92 Å². The zero-order valence-corrected chi connectivity index (χ0v) is 11.9. The molecule has 3 heteroatoms. The Morgan fingerprint density at radius 3 is 3.00 bits per heavy atom. The van der Waals surface area contributed by atoms with Crippen LogP contribution in [0.25, 0.3) is 0 Å². The van der Waals surface area contributed by atoms with Gasteiger partial charge in [-0.3, -0.25) is 0 Å². The first-order chi connectivity index (χ1) is 8.70. The Balaban J connectivity index is 1.85. The number of likely N-dealkylation sites (tertiary alicyclic amines) is 1. The van der Waals surface area contributed by atoms with Crippen molar-refractivity contribution in [1.29, 1.82) is 0 Å². The molecule has 0 aliphatic carbocycles. The highest BCUT2D eigenvalue weighted by Gasteiger charge is 2.25. The van der Waals surface area contributed by atoms with Gasteiger partial charge in [0.15, 0.2) is 0 Å². The van der Waals surface area contributed by atoms with Gasteiger partial charge in [0.1, 0.15) is 5.76 Å². The molecule has 1 saturated heterocycles. The van der Waals surface area contributed by atoms with E-state index in [2.05, 4.69) is 31.0 Å². The molecule has 1 aromatic heterocycles. The van der Waals surface area contributed by atoms with Gasteiger partial charge < -0.3 is 14.6 Å². The number of piperidine rings is 1. The maximum atomic E-state index is 5.45. The van der Waals surface area contributed by atoms with E-state index >= 15 is 0 Å². The number of hydrogen-bond acceptors (Lipinski definition) is 3. The van der Waals surface area contributed by atoms with Crippen LogP contribution in [0.15, 0.2) is 22.8 Å². The lowest BCUT2D eigenvalue weighted by Crippen LogP contribution is -2.44. The van der Waals surface area contributed by atoms with Crippen molar-refractivity contribution < 1.29 is 4.42 Å². The van der Waals surface area contributed by atoms with Crippen molar-refractivity contribution in [3.8, 4) is 0 Å². The monoisotopic (exact) mass is 250 g/mol. The van der Waals surface area contributed by atoms with Gasteiger partial charge >= 0.3 is 0 Å². The van der Waals surface area contributed by atoms with E-state index in [1.807, 2.05) is 12.1 Å². The van der Waals surface area contributed by atoms with E-state index < -0.39 is 0 Å². The molecule has 0 aromatic carbocycles. The smallest absolute Gasteiger partial charge is 0.120 e. The summed E-state index contributed by atoms with van der Waals surface area (Å²) in [4.78, 5) is 2.56. The van der Waals surface area contributed by atoms with Gasteiger partial charge in [-0.1, -0.05) is 6.92 Å². The third-order valence-electron chi connectivity index (χ3n) is 4.18. The first-order valence-electron chi connectivity index (χ1n) is 7.22. The minimum absolute atomic E-state index is 0.298. The zero-order valence-electron chi connectivity index (χ0n) is 11.9. The van der Waals surface area contributed by atoms with E-state index in [0.717, 1.165) is 11.7 Å². The average molecular weight is 250 g/mol. The summed E-state index contributed by atoms with van der Waals surface area (Å²) >= 11 is 0. The molecule has 18 heavy (non-hydrogen) atoms. The summed E-state index contributed by atoms with van der Waals surface area (Å²) in [6.45, 7) is 10.4. The van der Waals surface area contributed by atoms with Gasteiger partial charge in [-0.2, -0.15) is 0 Å². The summed E-state index contributed by atoms with van der Waals surface area (Å²) < 4.78 is 5.45. The van der Waals surface area contributed by atoms with Crippen LogP contribution >= 0.6 is 0 Å². The van der Waals surface area contributed by atoms with Crippen LogP contribution in [0.5, 0.6) is 0 Å². The van der Waals surface area contributed by atoms with Crippen molar-refractivity contribution in [2.24, 2.45) is 5.92 Å². The van der Waals surface area contributed by atoms with Gasteiger partial charge in [0.25, 0.3) is 0 Å². The van der Waals surface area contributed by atoms with Gasteiger partial charge in [0.2, 0.25) is 0 Å². The highest BCUT2D eigenvalue weighted by atomic mass is 16.3. The van der Waals surface area contributed by atoms with Crippen molar-refractivity contribution in [3.63, 3.8) is 0 Å². The van der Waals surface area contributed by atoms with Gasteiger partial charge in [0, 0.05) is 12.6 Å². The van der Waals surface area contributed by atoms with E-state index in [9.17, 15) is 0 Å². The Labute approximate surface area is 111 Å². The molecule has 2 rings (SSSR count). The van der Waals surface area contributed by atoms with E-state index in [4.69, 9.17) is 4.42 Å². The number of nitrogens with zero attached hydrogens (tertiary/aromatic N) is 1. The SMILES string of the molecule is CCN1CCCC(C(C)N[C@@H](C)c2ccco2)C1. The normalized spacial score (nSPS) is 24.9. The second-order valence-corrected chi connectivity index (χ2v) is 5.49. The van der Waals surface area contributed by atoms with Crippen LogP contribution in [-0.4, -0.2) is 30.6 Å². The maximum absolute atomic E-state index is 5.45. The van der Waals surface area contributed by atoms with Crippen LogP contribution in [0.4, 0.5) is 0 Å². The number of furan rings is 1. The predicted octanol–water partition coefficient (Wildman–Crippen LogP) is 3.05. The van der Waals surface area contributed by atoms with E-state index in [0.29, 0.717) is 12.1 Å². The van der Waals surface area contributed by atoms with Gasteiger partial charge in [-0.15, -0.1) is 0 Å². The summed E-state index contributed by atoms with van der Waals surface area (Å²) in [5.74, 6) is 1.79. The summed E-state index contributed by atoms with van der Waals surface area (Å²) in [6.07, 6.45) is 4.42. The van der Waals surface area contributed by atoms with E-state index in [1.165, 1.54) is 32.5 Å². The number of rotatable bonds is 5. The van der Waals surface area contributed by atoms with Crippen molar-refractivity contribution in [1.82, 2.24) is 10.2 Å². The number of nitrogens with one attached hydrogen (secondary N) is 1. The van der Waals surface area contributed by atoms with Crippen LogP contribution < -0.4 is 5.32 Å². The molecule has 1 fully saturated rings. The molecule has 1 N–H and O–H groups in total. The second-order valence-electron chi connectivity index (χ2n) is 5.49. The van der Waals surface area contributed by atoms with Crippen molar-refractivity contribution >= 4 is 0 Å². The standard InChI is InChI=1S/C15H26N2O/c1-4-17-9-5-7-14(11-17)12(2)16-13(3)15-8-6-10-18-15/h6,8,10,12-14,16H,4-5,7,9,11H2,1-3H3/t12?,13-,14?/m0/s1. The highest BCUT2D eigenvalue weighted by molar-refractivity contribution is 5.03. The van der Waals surface area contributed by atoms with Gasteiger partial charge in [-0.05, 0) is 57.8 Å². The molecule has 0 radical (unpaired) electrons. The molecule has 2 heterocycles. The predicted molar refractivity (Wildman–Crippen MR) is 74.6 cm³/mol. The van der Waals surface area contributed by atoms with Crippen molar-refractivity contribution in [2.45, 2.75) is 45.7 Å². The minimum Gasteiger partial charge on any atom is -0.468 e. The first-order valence-corrected chi connectivity index (χ1v) is 7.22. The molecule has 1 aromatic rings. The largest absolute Gasteiger partial charge is 0.468 e. The lowest BCUT2D eigenvalue weighted by atomic mass is 9.91. The topological polar surface area (TPSA) is 28.4 Å². The molecule has 2 unspecified atom stereocenters. The lowest BCUT2D eigenvalue weighted by molar-refractivity contribution is 0.152. The quantitative estimate of drug-likeness (QED) is 0.870. The third kappa shape index (κ3) is 3.36. The molecule has 3 atom stereocenters. The van der Waals surface area contributed by atoms with Crippen LogP contribution in [0.2, 0.25) is 0 Å². The number of hydrogen-bond donors (Lipinski definition) is 1. The van der Waals surface area contributed by atoms with E-state index in [1.54, 1.807) is 6.26 Å². The Kier molecular flexibility index (Phi) is 4.84. The van der Waals surface area contributed by atoms with Crippen molar-refractivity contribution in [2.75, 3.05) is 19.6 Å². The van der Waals surface area contributed by atoms with Crippen molar-refractivity contribution in [3.05, 3.63) is 24.2 Å². The molecule has 0 spiro atoms. The molecule has 0 saturated carbocycles. The Morgan fingerprint density at radius 2 is 2.33 bits per heavy atom. The molecule has 102 valence electrons. The zero-order chi connectivity index (χ0) is 13.0. The fourth-order valence-corrected chi connectivity index (χ4v) is 2.94. The summed E-state index contributed by atoms with van der Waals surface area (Å²) in [5.41, 5.74) is 0. The Hall–Kier alpha value is -0.800. The highest BCUT2D eigenvalue weighted by Crippen LogP contribution is 2.22. The maximum Gasteiger partial charge on any atom is 0.120 e. The van der Waals surface area contributed by atoms with Gasteiger partial charge in [0.05, 0.1) is 12.3 Å². The summed E-state index contributed by atoms with van der Waals surface area (Å²) in [5, 5.41) is 3.68. The molecule has 0 bridgehead atoms. The van der Waals surface area contributed by atoms with E-state index in [-0.39, 0.29) is 0 Å². The molecule has 0 amide bonds. The first kappa shape index (κ1) is 13.6. The summed E-state index contributed by atoms with van der Waals surface area (Å²) in [7, 11) is 0. The molecular formula is C15H26N2O. The Bertz CT molecular complexity index is 336. The third-order valence-corrected chi connectivity index (χ3v) is 4.18. The molecule has 1 aliphatic rings. The fraction of sp³-hybridized carbons (Fsp3) is 0.733. The second kappa shape index (κ2) is 6.39. The van der Waals surface area contributed by atoms with Crippen LogP contribution in [0.1, 0.15) is 45.4 Å². The molecule has 1 aliphatic heterocycles. The van der Waals surface area contributed by atoms with Gasteiger partial charge in [-0.25, -0.2) is 0 Å². The minimum atomic E-state index is 0.298. The Morgan fingerprint density at radius 1 is 1.50 bits per heavy atom. The molecule has 3 nitrogen and oxygen atoms in total. The van der Waals surface area contributed by atoms with Crippen LogP contribution in [0.3, 0.4) is 0 Å². The average Bonchev–Trinajstić information content (AvgIpc) is 2.92. The molecular weight excluding hydrogens is 224 g/mol. The fourth-order valence-electron chi connectivity index (χ4n) is 2.94. The van der Waals surface area contributed by atoms with Crippen LogP contribution in [-0.2, 0) is 0 Å².